The highest BCUT2D eigenvalue weighted by atomic mass is 16.3. The number of carbonyl (C=O) groups excluding carboxylic acids is 1. The molecule has 2 amide bonds. The molecule has 2 fully saturated rings. The molecule has 116 valence electrons. The van der Waals surface area contributed by atoms with Crippen LogP contribution in [0.15, 0.2) is 0 Å². The predicted molar refractivity (Wildman–Crippen MR) is 80.5 cm³/mol. The van der Waals surface area contributed by atoms with Crippen LogP contribution in [0.25, 0.3) is 0 Å². The van der Waals surface area contributed by atoms with E-state index in [1.54, 1.807) is 0 Å². The van der Waals surface area contributed by atoms with E-state index in [9.17, 15) is 4.79 Å². The zero-order valence-electron chi connectivity index (χ0n) is 12.7. The molecule has 0 radical (unpaired) electrons. The molecule has 20 heavy (non-hydrogen) atoms. The van der Waals surface area contributed by atoms with Gasteiger partial charge in [0.15, 0.2) is 0 Å². The molecule has 2 unspecified atom stereocenters. The fourth-order valence-electron chi connectivity index (χ4n) is 3.70. The average molecular weight is 282 g/mol. The Morgan fingerprint density at radius 1 is 1.10 bits per heavy atom. The summed E-state index contributed by atoms with van der Waals surface area (Å²) in [6.07, 6.45) is 9.18. The van der Waals surface area contributed by atoms with Crippen molar-refractivity contribution in [3.8, 4) is 0 Å². The highest BCUT2D eigenvalue weighted by Gasteiger charge is 2.23. The largest absolute Gasteiger partial charge is 0.396 e. The summed E-state index contributed by atoms with van der Waals surface area (Å²) in [7, 11) is 0. The fourth-order valence-corrected chi connectivity index (χ4v) is 3.70. The molecule has 4 nitrogen and oxygen atoms in total. The Labute approximate surface area is 122 Å². The van der Waals surface area contributed by atoms with Gasteiger partial charge in [0.05, 0.1) is 0 Å². The molecule has 0 aliphatic heterocycles. The van der Waals surface area contributed by atoms with Gasteiger partial charge in [0.2, 0.25) is 0 Å². The van der Waals surface area contributed by atoms with Crippen molar-refractivity contribution in [3.05, 3.63) is 0 Å². The number of hydrogen-bond donors (Lipinski definition) is 3. The van der Waals surface area contributed by atoms with Crippen molar-refractivity contribution in [3.63, 3.8) is 0 Å². The van der Waals surface area contributed by atoms with Crippen LogP contribution in [0, 0.1) is 17.8 Å². The normalized spacial score (nSPS) is 33.9. The molecule has 0 spiro atoms. The van der Waals surface area contributed by atoms with Crippen molar-refractivity contribution in [2.45, 2.75) is 64.3 Å². The number of amides is 2. The zero-order valence-corrected chi connectivity index (χ0v) is 12.7. The van der Waals surface area contributed by atoms with Crippen molar-refractivity contribution >= 4 is 6.03 Å². The monoisotopic (exact) mass is 282 g/mol. The van der Waals surface area contributed by atoms with Gasteiger partial charge in [0.25, 0.3) is 0 Å². The van der Waals surface area contributed by atoms with Crippen molar-refractivity contribution in [1.82, 2.24) is 10.6 Å². The first kappa shape index (κ1) is 15.6. The van der Waals surface area contributed by atoms with E-state index in [0.717, 1.165) is 50.5 Å². The van der Waals surface area contributed by atoms with Gasteiger partial charge in [-0.15, -0.1) is 0 Å². The number of nitrogens with one attached hydrogen (secondary N) is 2. The summed E-state index contributed by atoms with van der Waals surface area (Å²) in [5.74, 6) is 2.13. The lowest BCUT2D eigenvalue weighted by molar-refractivity contribution is 0.174. The van der Waals surface area contributed by atoms with E-state index in [2.05, 4.69) is 17.6 Å². The number of rotatable bonds is 5. The van der Waals surface area contributed by atoms with Gasteiger partial charge in [-0.25, -0.2) is 4.79 Å². The molecule has 2 saturated carbocycles. The van der Waals surface area contributed by atoms with Gasteiger partial charge in [-0.1, -0.05) is 19.8 Å². The maximum absolute atomic E-state index is 11.8. The summed E-state index contributed by atoms with van der Waals surface area (Å²) < 4.78 is 0. The second kappa shape index (κ2) is 7.87. The smallest absolute Gasteiger partial charge is 0.315 e. The summed E-state index contributed by atoms with van der Waals surface area (Å²) in [6.45, 7) is 3.41. The molecule has 2 atom stereocenters. The molecule has 0 aromatic heterocycles. The van der Waals surface area contributed by atoms with Crippen LogP contribution in [0.3, 0.4) is 0 Å². The molecule has 3 N–H and O–H groups in total. The third-order valence-electron chi connectivity index (χ3n) is 5.08. The second-order valence-corrected chi connectivity index (χ2v) is 6.87. The SMILES string of the molecule is CC1CCC(CCNC(=O)NC2CCC(CO)CC2)C1. The van der Waals surface area contributed by atoms with E-state index < -0.39 is 0 Å². The minimum absolute atomic E-state index is 0.0107. The van der Waals surface area contributed by atoms with E-state index >= 15 is 0 Å². The predicted octanol–water partition coefficient (Wildman–Crippen LogP) is 2.66. The van der Waals surface area contributed by atoms with Gasteiger partial charge in [0.1, 0.15) is 0 Å². The topological polar surface area (TPSA) is 61.4 Å². The van der Waals surface area contributed by atoms with E-state index in [-0.39, 0.29) is 6.03 Å². The first-order chi connectivity index (χ1) is 9.67. The van der Waals surface area contributed by atoms with Crippen molar-refractivity contribution < 1.29 is 9.90 Å². The van der Waals surface area contributed by atoms with Crippen LogP contribution in [0.2, 0.25) is 0 Å². The van der Waals surface area contributed by atoms with Crippen LogP contribution in [0.4, 0.5) is 4.79 Å². The number of carbonyl (C=O) groups is 1. The fraction of sp³-hybridized carbons (Fsp3) is 0.938. The van der Waals surface area contributed by atoms with Crippen molar-refractivity contribution in [2.75, 3.05) is 13.2 Å². The molecule has 0 heterocycles. The minimum atomic E-state index is -0.0107. The Hall–Kier alpha value is -0.770. The Kier molecular flexibility index (Phi) is 6.14. The second-order valence-electron chi connectivity index (χ2n) is 6.87. The van der Waals surface area contributed by atoms with Crippen molar-refractivity contribution in [1.29, 1.82) is 0 Å². The Bertz CT molecular complexity index is 301. The summed E-state index contributed by atoms with van der Waals surface area (Å²) >= 11 is 0. The maximum Gasteiger partial charge on any atom is 0.315 e. The Morgan fingerprint density at radius 2 is 1.80 bits per heavy atom. The molecule has 4 heteroatoms. The van der Waals surface area contributed by atoms with Gasteiger partial charge in [-0.05, 0) is 56.3 Å². The highest BCUT2D eigenvalue weighted by molar-refractivity contribution is 5.74. The van der Waals surface area contributed by atoms with E-state index in [4.69, 9.17) is 5.11 Å². The molecule has 2 rings (SSSR count). The van der Waals surface area contributed by atoms with Gasteiger partial charge in [-0.3, -0.25) is 0 Å². The summed E-state index contributed by atoms with van der Waals surface area (Å²) in [5.41, 5.74) is 0. The van der Waals surface area contributed by atoms with Crippen LogP contribution < -0.4 is 10.6 Å². The Balaban J connectivity index is 1.54. The van der Waals surface area contributed by atoms with Crippen molar-refractivity contribution in [2.24, 2.45) is 17.8 Å². The van der Waals surface area contributed by atoms with Crippen LogP contribution in [-0.4, -0.2) is 30.3 Å². The molecular weight excluding hydrogens is 252 g/mol. The van der Waals surface area contributed by atoms with Gasteiger partial charge < -0.3 is 15.7 Å². The molecule has 0 aromatic rings. The summed E-state index contributed by atoms with van der Waals surface area (Å²) in [6, 6.07) is 0.285. The summed E-state index contributed by atoms with van der Waals surface area (Å²) in [5, 5.41) is 15.2. The van der Waals surface area contributed by atoms with Gasteiger partial charge in [-0.2, -0.15) is 0 Å². The minimum Gasteiger partial charge on any atom is -0.396 e. The first-order valence-corrected chi connectivity index (χ1v) is 8.32. The lowest BCUT2D eigenvalue weighted by atomic mass is 9.87. The number of hydrogen-bond acceptors (Lipinski definition) is 2. The molecule has 0 bridgehead atoms. The third-order valence-corrected chi connectivity index (χ3v) is 5.08. The van der Waals surface area contributed by atoms with Crippen LogP contribution in [0.5, 0.6) is 0 Å². The van der Waals surface area contributed by atoms with Crippen LogP contribution >= 0.6 is 0 Å². The van der Waals surface area contributed by atoms with Gasteiger partial charge >= 0.3 is 6.03 Å². The quantitative estimate of drug-likeness (QED) is 0.726. The molecule has 0 saturated heterocycles. The van der Waals surface area contributed by atoms with E-state index in [0.29, 0.717) is 18.6 Å². The molecule has 0 aromatic carbocycles. The van der Waals surface area contributed by atoms with E-state index in [1.807, 2.05) is 0 Å². The van der Waals surface area contributed by atoms with Gasteiger partial charge in [0, 0.05) is 19.2 Å². The number of aliphatic hydroxyl groups is 1. The number of aliphatic hydroxyl groups excluding tert-OH is 1. The lowest BCUT2D eigenvalue weighted by Crippen LogP contribution is -2.44. The Morgan fingerprint density at radius 3 is 2.40 bits per heavy atom. The maximum atomic E-state index is 11.8. The lowest BCUT2D eigenvalue weighted by Gasteiger charge is -2.28. The highest BCUT2D eigenvalue weighted by Crippen LogP contribution is 2.32. The van der Waals surface area contributed by atoms with Crippen LogP contribution in [0.1, 0.15) is 58.3 Å². The average Bonchev–Trinajstić information content (AvgIpc) is 2.85. The summed E-state index contributed by atoms with van der Waals surface area (Å²) in [4.78, 5) is 11.8. The standard InChI is InChI=1S/C16H30N2O2/c1-12-2-3-13(10-12)8-9-17-16(20)18-15-6-4-14(11-19)5-7-15/h12-15,19H,2-11H2,1H3,(H2,17,18,20). The number of urea groups is 1. The molecular formula is C16H30N2O2. The van der Waals surface area contributed by atoms with Crippen LogP contribution in [-0.2, 0) is 0 Å². The molecule has 2 aliphatic rings. The zero-order chi connectivity index (χ0) is 14.4. The van der Waals surface area contributed by atoms with E-state index in [1.165, 1.54) is 19.3 Å². The third kappa shape index (κ3) is 4.97. The first-order valence-electron chi connectivity index (χ1n) is 8.32. The molecule has 2 aliphatic carbocycles.